The molecule has 3 aliphatic heterocycles. The Balaban J connectivity index is 1.31. The third-order valence-electron chi connectivity index (χ3n) is 5.98. The Bertz CT molecular complexity index is 925. The Kier molecular flexibility index (Phi) is 7.14. The van der Waals surface area contributed by atoms with Gasteiger partial charge in [0.2, 0.25) is 11.8 Å². The van der Waals surface area contributed by atoms with Crippen LogP contribution in [0.15, 0.2) is 40.3 Å². The zero-order valence-electron chi connectivity index (χ0n) is 17.8. The Hall–Kier alpha value is -2.01. The van der Waals surface area contributed by atoms with Crippen molar-refractivity contribution >= 4 is 41.3 Å². The summed E-state index contributed by atoms with van der Waals surface area (Å²) in [7, 11) is 0. The molecule has 0 bridgehead atoms. The molecular formula is C22H27N3O5S2. The molecule has 2 amide bonds. The number of aliphatic hydroxyl groups excluding tert-OH is 1. The lowest BCUT2D eigenvalue weighted by Gasteiger charge is -2.44. The van der Waals surface area contributed by atoms with Crippen molar-refractivity contribution < 1.29 is 24.6 Å². The van der Waals surface area contributed by atoms with Gasteiger partial charge in [-0.15, -0.1) is 11.8 Å². The summed E-state index contributed by atoms with van der Waals surface area (Å²) in [4.78, 5) is 40.0. The number of fused-ring (bicyclic) bond motifs is 1. The van der Waals surface area contributed by atoms with Crippen LogP contribution in [0.25, 0.3) is 0 Å². The predicted molar refractivity (Wildman–Crippen MR) is 123 cm³/mol. The van der Waals surface area contributed by atoms with Gasteiger partial charge in [0.05, 0.1) is 22.8 Å². The van der Waals surface area contributed by atoms with E-state index in [4.69, 9.17) is 0 Å². The maximum absolute atomic E-state index is 12.5. The van der Waals surface area contributed by atoms with Gasteiger partial charge in [-0.1, -0.05) is 49.0 Å². The van der Waals surface area contributed by atoms with Crippen LogP contribution < -0.4 is 5.32 Å². The molecule has 4 rings (SSSR count). The molecular weight excluding hydrogens is 450 g/mol. The third-order valence-corrected chi connectivity index (χ3v) is 8.84. The molecule has 2 fully saturated rings. The van der Waals surface area contributed by atoms with Crippen LogP contribution >= 0.6 is 23.5 Å². The van der Waals surface area contributed by atoms with E-state index in [1.807, 2.05) is 37.3 Å². The Morgan fingerprint density at radius 2 is 2.06 bits per heavy atom. The van der Waals surface area contributed by atoms with Crippen LogP contribution in [-0.4, -0.2) is 74.2 Å². The molecule has 32 heavy (non-hydrogen) atoms. The SMILES string of the molecule is CC[C@H](O)[C@@H]1C(=O)N2C(C(=O)O)=C(S[C@H]3CCN(CC(=O)NCc4ccccc4)C3)S[C@H]12. The molecule has 172 valence electrons. The number of aliphatic hydroxyl groups is 1. The highest BCUT2D eigenvalue weighted by molar-refractivity contribution is 8.23. The lowest BCUT2D eigenvalue weighted by molar-refractivity contribution is -0.157. The van der Waals surface area contributed by atoms with E-state index in [-0.39, 0.29) is 28.1 Å². The number of benzene rings is 1. The number of amides is 2. The number of carbonyl (C=O) groups is 3. The van der Waals surface area contributed by atoms with E-state index in [9.17, 15) is 24.6 Å². The quantitative estimate of drug-likeness (QED) is 0.461. The summed E-state index contributed by atoms with van der Waals surface area (Å²) in [5.74, 6) is -2.01. The van der Waals surface area contributed by atoms with E-state index in [0.29, 0.717) is 30.3 Å². The molecule has 0 unspecified atom stereocenters. The first-order valence-electron chi connectivity index (χ1n) is 10.7. The fourth-order valence-corrected chi connectivity index (χ4v) is 7.55. The van der Waals surface area contributed by atoms with Gasteiger partial charge in [-0.25, -0.2) is 4.79 Å². The van der Waals surface area contributed by atoms with E-state index in [1.165, 1.54) is 28.4 Å². The van der Waals surface area contributed by atoms with Crippen molar-refractivity contribution in [2.24, 2.45) is 5.92 Å². The Morgan fingerprint density at radius 1 is 1.31 bits per heavy atom. The van der Waals surface area contributed by atoms with Gasteiger partial charge in [-0.2, -0.15) is 0 Å². The number of aliphatic carboxylic acids is 1. The van der Waals surface area contributed by atoms with Gasteiger partial charge in [-0.3, -0.25) is 19.4 Å². The second kappa shape index (κ2) is 9.86. The summed E-state index contributed by atoms with van der Waals surface area (Å²) < 4.78 is 0.627. The average molecular weight is 478 g/mol. The largest absolute Gasteiger partial charge is 0.477 e. The van der Waals surface area contributed by atoms with Crippen molar-refractivity contribution in [3.63, 3.8) is 0 Å². The minimum absolute atomic E-state index is 0.0357. The van der Waals surface area contributed by atoms with Gasteiger partial charge in [0.15, 0.2) is 5.70 Å². The van der Waals surface area contributed by atoms with Gasteiger partial charge in [-0.05, 0) is 24.9 Å². The second-order valence-corrected chi connectivity index (χ2v) is 10.9. The third kappa shape index (κ3) is 4.68. The highest BCUT2D eigenvalue weighted by Crippen LogP contribution is 2.55. The number of nitrogens with one attached hydrogen (secondary N) is 1. The van der Waals surface area contributed by atoms with E-state index in [1.54, 1.807) is 0 Å². The van der Waals surface area contributed by atoms with E-state index < -0.39 is 18.0 Å². The number of β-lactam (4-membered cyclic amide) rings is 1. The summed E-state index contributed by atoms with van der Waals surface area (Å²) >= 11 is 2.85. The zero-order valence-corrected chi connectivity index (χ0v) is 19.4. The lowest BCUT2D eigenvalue weighted by atomic mass is 9.90. The summed E-state index contributed by atoms with van der Waals surface area (Å²) in [6.45, 7) is 4.05. The summed E-state index contributed by atoms with van der Waals surface area (Å²) in [5, 5.41) is 22.6. The van der Waals surface area contributed by atoms with Crippen molar-refractivity contribution in [1.29, 1.82) is 0 Å². The van der Waals surface area contributed by atoms with Gasteiger partial charge >= 0.3 is 5.97 Å². The van der Waals surface area contributed by atoms with Gasteiger partial charge in [0, 0.05) is 18.3 Å². The number of likely N-dealkylation sites (tertiary alicyclic amines) is 1. The monoisotopic (exact) mass is 477 g/mol. The molecule has 1 aromatic carbocycles. The van der Waals surface area contributed by atoms with Crippen LogP contribution in [-0.2, 0) is 20.9 Å². The van der Waals surface area contributed by atoms with Gasteiger partial charge < -0.3 is 15.5 Å². The predicted octanol–water partition coefficient (Wildman–Crippen LogP) is 1.67. The van der Waals surface area contributed by atoms with E-state index in [2.05, 4.69) is 10.2 Å². The number of rotatable bonds is 9. The molecule has 0 aromatic heterocycles. The fraction of sp³-hybridized carbons (Fsp3) is 0.500. The first-order valence-corrected chi connectivity index (χ1v) is 12.5. The molecule has 1 aromatic rings. The van der Waals surface area contributed by atoms with Crippen LogP contribution in [0.4, 0.5) is 0 Å². The van der Waals surface area contributed by atoms with Crippen LogP contribution in [0.1, 0.15) is 25.3 Å². The van der Waals surface area contributed by atoms with E-state index >= 15 is 0 Å². The summed E-state index contributed by atoms with van der Waals surface area (Å²) in [5.41, 5.74) is 1.08. The molecule has 10 heteroatoms. The minimum Gasteiger partial charge on any atom is -0.477 e. The van der Waals surface area contributed by atoms with Crippen LogP contribution in [0.3, 0.4) is 0 Å². The van der Waals surface area contributed by atoms with Crippen molar-refractivity contribution in [3.05, 3.63) is 45.8 Å². The minimum atomic E-state index is -1.12. The van der Waals surface area contributed by atoms with Gasteiger partial charge in [0.25, 0.3) is 0 Å². The smallest absolute Gasteiger partial charge is 0.354 e. The topological polar surface area (TPSA) is 110 Å². The maximum atomic E-state index is 12.5. The molecule has 3 heterocycles. The number of hydrogen-bond donors (Lipinski definition) is 3. The van der Waals surface area contributed by atoms with Crippen molar-refractivity contribution in [2.45, 2.75) is 43.0 Å². The molecule has 3 N–H and O–H groups in total. The molecule has 3 aliphatic rings. The Labute approximate surface area is 195 Å². The summed E-state index contributed by atoms with van der Waals surface area (Å²) in [6, 6.07) is 9.74. The number of nitrogens with zero attached hydrogens (tertiary/aromatic N) is 2. The lowest BCUT2D eigenvalue weighted by Crippen LogP contribution is -2.61. The first-order chi connectivity index (χ1) is 15.4. The van der Waals surface area contributed by atoms with Crippen molar-refractivity contribution in [2.75, 3.05) is 19.6 Å². The molecule has 0 aliphatic carbocycles. The normalized spacial score (nSPS) is 26.1. The first kappa shape index (κ1) is 23.2. The van der Waals surface area contributed by atoms with Crippen LogP contribution in [0.2, 0.25) is 0 Å². The number of carbonyl (C=O) groups excluding carboxylic acids is 2. The van der Waals surface area contributed by atoms with E-state index in [0.717, 1.165) is 18.5 Å². The molecule has 8 nitrogen and oxygen atoms in total. The summed E-state index contributed by atoms with van der Waals surface area (Å²) in [6.07, 6.45) is 0.538. The maximum Gasteiger partial charge on any atom is 0.354 e. The number of carboxylic acid groups (broad SMARTS) is 1. The number of carboxylic acids is 1. The number of thioether (sulfide) groups is 2. The van der Waals surface area contributed by atoms with Gasteiger partial charge in [0.1, 0.15) is 5.37 Å². The standard InChI is InChI=1S/C22H27N3O5S2/c1-2-15(26)17-19(28)25-18(21(29)30)22(32-20(17)25)31-14-8-9-24(11-14)12-16(27)23-10-13-6-4-3-5-7-13/h3-7,14-15,17,20,26H,2,8-12H2,1H3,(H,23,27)(H,29,30)/t14-,15-,17+,20+/m0/s1. The highest BCUT2D eigenvalue weighted by atomic mass is 32.2. The molecule has 2 saturated heterocycles. The average Bonchev–Trinajstić information content (AvgIpc) is 3.35. The zero-order chi connectivity index (χ0) is 22.8. The van der Waals surface area contributed by atoms with Crippen LogP contribution in [0.5, 0.6) is 0 Å². The second-order valence-electron chi connectivity index (χ2n) is 8.19. The van der Waals surface area contributed by atoms with Crippen molar-refractivity contribution in [1.82, 2.24) is 15.1 Å². The highest BCUT2D eigenvalue weighted by Gasteiger charge is 2.58. The number of hydrogen-bond acceptors (Lipinski definition) is 7. The molecule has 0 radical (unpaired) electrons. The fourth-order valence-electron chi connectivity index (χ4n) is 4.24. The van der Waals surface area contributed by atoms with Crippen LogP contribution in [0, 0.1) is 5.92 Å². The Morgan fingerprint density at radius 3 is 2.75 bits per heavy atom. The molecule has 0 saturated carbocycles. The molecule has 0 spiro atoms. The van der Waals surface area contributed by atoms with Crippen molar-refractivity contribution in [3.8, 4) is 0 Å². The molecule has 4 atom stereocenters.